The highest BCUT2D eigenvalue weighted by Crippen LogP contribution is 2.41. The van der Waals surface area contributed by atoms with Crippen LogP contribution in [0.1, 0.15) is 48.0 Å². The Balaban J connectivity index is 4.22. The smallest absolute Gasteiger partial charge is 0.00157 e. The molecule has 11 heavy (non-hydrogen) atoms. The van der Waals surface area contributed by atoms with Crippen molar-refractivity contribution >= 4 is 0 Å². The Morgan fingerprint density at radius 3 is 1.55 bits per heavy atom. The molecule has 0 aliphatic carbocycles. The molecule has 0 aromatic rings. The van der Waals surface area contributed by atoms with Crippen LogP contribution in [0.25, 0.3) is 0 Å². The summed E-state index contributed by atoms with van der Waals surface area (Å²) in [7, 11) is 0. The van der Waals surface area contributed by atoms with E-state index in [9.17, 15) is 0 Å². The summed E-state index contributed by atoms with van der Waals surface area (Å²) in [5.74, 6) is 0. The second kappa shape index (κ2) is 3.14. The molecule has 0 aromatic carbocycles. The van der Waals surface area contributed by atoms with Crippen molar-refractivity contribution in [2.24, 2.45) is 16.6 Å². The summed E-state index contributed by atoms with van der Waals surface area (Å²) in [6, 6.07) is 0.309. The van der Waals surface area contributed by atoms with E-state index in [-0.39, 0.29) is 0 Å². The molecule has 0 rings (SSSR count). The molecule has 1 unspecified atom stereocenters. The fourth-order valence-electron chi connectivity index (χ4n) is 1.11. The molecule has 0 saturated heterocycles. The van der Waals surface area contributed by atoms with Gasteiger partial charge in [0.1, 0.15) is 0 Å². The van der Waals surface area contributed by atoms with Crippen molar-refractivity contribution in [1.82, 2.24) is 0 Å². The second-order valence-electron chi connectivity index (χ2n) is 5.32. The maximum atomic E-state index is 5.78. The van der Waals surface area contributed by atoms with Gasteiger partial charge in [0.05, 0.1) is 0 Å². The summed E-state index contributed by atoms with van der Waals surface area (Å²) in [4.78, 5) is 0. The topological polar surface area (TPSA) is 26.0 Å². The quantitative estimate of drug-likeness (QED) is 0.655. The Hall–Kier alpha value is -0.0400. The van der Waals surface area contributed by atoms with E-state index in [1.807, 2.05) is 0 Å². The van der Waals surface area contributed by atoms with E-state index in [0.29, 0.717) is 16.9 Å². The highest BCUT2D eigenvalue weighted by molar-refractivity contribution is 4.84. The summed E-state index contributed by atoms with van der Waals surface area (Å²) in [6.07, 6.45) is 1.09. The number of hydrogen-bond acceptors (Lipinski definition) is 1. The van der Waals surface area contributed by atoms with E-state index in [4.69, 9.17) is 5.73 Å². The standard InChI is InChI=1S/C10H23N/c1-8(11)7-10(5,6)9(2,3)4/h8H,7,11H2,1-6H3. The van der Waals surface area contributed by atoms with Crippen LogP contribution < -0.4 is 5.73 Å². The summed E-state index contributed by atoms with van der Waals surface area (Å²) in [6.45, 7) is 13.5. The van der Waals surface area contributed by atoms with E-state index in [2.05, 4.69) is 41.5 Å². The average Bonchev–Trinajstić information content (AvgIpc) is 1.56. The molecule has 1 heteroatoms. The molecule has 0 amide bonds. The van der Waals surface area contributed by atoms with Gasteiger partial charge in [0.2, 0.25) is 0 Å². The van der Waals surface area contributed by atoms with Crippen molar-refractivity contribution in [1.29, 1.82) is 0 Å². The molecule has 0 saturated carbocycles. The van der Waals surface area contributed by atoms with Crippen LogP contribution in [0.5, 0.6) is 0 Å². The van der Waals surface area contributed by atoms with Gasteiger partial charge in [-0.3, -0.25) is 0 Å². The minimum atomic E-state index is 0.309. The van der Waals surface area contributed by atoms with Gasteiger partial charge >= 0.3 is 0 Å². The second-order valence-corrected chi connectivity index (χ2v) is 5.32. The fourth-order valence-corrected chi connectivity index (χ4v) is 1.11. The molecule has 0 fully saturated rings. The molecular formula is C10H23N. The largest absolute Gasteiger partial charge is 0.328 e. The van der Waals surface area contributed by atoms with Crippen molar-refractivity contribution in [3.8, 4) is 0 Å². The normalized spacial score (nSPS) is 16.6. The molecule has 0 aliphatic rings. The van der Waals surface area contributed by atoms with Crippen molar-refractivity contribution in [2.75, 3.05) is 0 Å². The Morgan fingerprint density at radius 2 is 1.45 bits per heavy atom. The highest BCUT2D eigenvalue weighted by atomic mass is 14.6. The number of rotatable bonds is 2. The Labute approximate surface area is 71.4 Å². The molecule has 0 heterocycles. The highest BCUT2D eigenvalue weighted by Gasteiger charge is 2.32. The van der Waals surface area contributed by atoms with Crippen LogP contribution in [-0.2, 0) is 0 Å². The zero-order chi connectivity index (χ0) is 9.28. The van der Waals surface area contributed by atoms with Crippen molar-refractivity contribution in [2.45, 2.75) is 54.0 Å². The zero-order valence-corrected chi connectivity index (χ0v) is 8.86. The van der Waals surface area contributed by atoms with E-state index in [1.165, 1.54) is 0 Å². The lowest BCUT2D eigenvalue weighted by Crippen LogP contribution is -2.35. The third kappa shape index (κ3) is 3.24. The predicted molar refractivity (Wildman–Crippen MR) is 51.5 cm³/mol. The number of hydrogen-bond donors (Lipinski definition) is 1. The first-order valence-corrected chi connectivity index (χ1v) is 4.42. The van der Waals surface area contributed by atoms with Gasteiger partial charge in [0.15, 0.2) is 0 Å². The molecule has 2 N–H and O–H groups in total. The number of nitrogens with two attached hydrogens (primary N) is 1. The third-order valence-corrected chi connectivity index (χ3v) is 2.86. The fraction of sp³-hybridized carbons (Fsp3) is 1.00. The first kappa shape index (κ1) is 11.0. The summed E-state index contributed by atoms with van der Waals surface area (Å²) in [5.41, 5.74) is 6.46. The van der Waals surface area contributed by atoms with Gasteiger partial charge in [-0.2, -0.15) is 0 Å². The minimum absolute atomic E-state index is 0.309. The Bertz CT molecular complexity index is 117. The van der Waals surface area contributed by atoms with Gasteiger partial charge in [-0.1, -0.05) is 34.6 Å². The van der Waals surface area contributed by atoms with Crippen LogP contribution >= 0.6 is 0 Å². The summed E-state index contributed by atoms with van der Waals surface area (Å²) < 4.78 is 0. The molecule has 68 valence electrons. The van der Waals surface area contributed by atoms with Crippen LogP contribution in [0.3, 0.4) is 0 Å². The molecule has 1 atom stereocenters. The third-order valence-electron chi connectivity index (χ3n) is 2.86. The first-order chi connectivity index (χ1) is 4.67. The zero-order valence-electron chi connectivity index (χ0n) is 8.86. The van der Waals surface area contributed by atoms with Crippen LogP contribution in [0, 0.1) is 10.8 Å². The average molecular weight is 157 g/mol. The Kier molecular flexibility index (Phi) is 3.13. The maximum absolute atomic E-state index is 5.78. The lowest BCUT2D eigenvalue weighted by atomic mass is 9.66. The molecule has 0 bridgehead atoms. The molecule has 0 radical (unpaired) electrons. The van der Waals surface area contributed by atoms with Gasteiger partial charge in [0, 0.05) is 6.04 Å². The SMILES string of the molecule is CC(N)CC(C)(C)C(C)(C)C. The molecule has 0 spiro atoms. The van der Waals surface area contributed by atoms with Gasteiger partial charge < -0.3 is 5.73 Å². The molecule has 0 aromatic heterocycles. The van der Waals surface area contributed by atoms with Gasteiger partial charge in [-0.15, -0.1) is 0 Å². The van der Waals surface area contributed by atoms with E-state index >= 15 is 0 Å². The van der Waals surface area contributed by atoms with Crippen molar-refractivity contribution in [3.63, 3.8) is 0 Å². The van der Waals surface area contributed by atoms with E-state index < -0.39 is 0 Å². The summed E-state index contributed by atoms with van der Waals surface area (Å²) >= 11 is 0. The predicted octanol–water partition coefficient (Wildman–Crippen LogP) is 2.80. The van der Waals surface area contributed by atoms with Gasteiger partial charge in [0.25, 0.3) is 0 Å². The van der Waals surface area contributed by atoms with Crippen LogP contribution in [-0.4, -0.2) is 6.04 Å². The molecule has 0 aliphatic heterocycles. The molecule has 1 nitrogen and oxygen atoms in total. The van der Waals surface area contributed by atoms with Gasteiger partial charge in [-0.05, 0) is 24.2 Å². The van der Waals surface area contributed by atoms with Crippen molar-refractivity contribution < 1.29 is 0 Å². The van der Waals surface area contributed by atoms with Crippen LogP contribution in [0.15, 0.2) is 0 Å². The van der Waals surface area contributed by atoms with Crippen LogP contribution in [0.2, 0.25) is 0 Å². The van der Waals surface area contributed by atoms with E-state index in [1.54, 1.807) is 0 Å². The lowest BCUT2D eigenvalue weighted by molar-refractivity contribution is 0.112. The van der Waals surface area contributed by atoms with Crippen LogP contribution in [0.4, 0.5) is 0 Å². The van der Waals surface area contributed by atoms with Gasteiger partial charge in [-0.25, -0.2) is 0 Å². The lowest BCUT2D eigenvalue weighted by Gasteiger charge is -2.40. The van der Waals surface area contributed by atoms with Crippen molar-refractivity contribution in [3.05, 3.63) is 0 Å². The van der Waals surface area contributed by atoms with E-state index in [0.717, 1.165) is 6.42 Å². The maximum Gasteiger partial charge on any atom is 0.00157 e. The Morgan fingerprint density at radius 1 is 1.09 bits per heavy atom. The monoisotopic (exact) mass is 157 g/mol. The molecular weight excluding hydrogens is 134 g/mol. The first-order valence-electron chi connectivity index (χ1n) is 4.42. The summed E-state index contributed by atoms with van der Waals surface area (Å²) in [5, 5.41) is 0. The minimum Gasteiger partial charge on any atom is -0.328 e.